The van der Waals surface area contributed by atoms with E-state index in [1.54, 1.807) is 7.11 Å². The van der Waals surface area contributed by atoms with Crippen LogP contribution in [0.5, 0.6) is 5.75 Å². The van der Waals surface area contributed by atoms with Crippen LogP contribution in [0.25, 0.3) is 11.5 Å². The van der Waals surface area contributed by atoms with Gasteiger partial charge in [-0.2, -0.15) is 4.98 Å². The molecule has 0 aliphatic carbocycles. The third kappa shape index (κ3) is 2.04. The van der Waals surface area contributed by atoms with Crippen LogP contribution in [0.1, 0.15) is 5.82 Å². The van der Waals surface area contributed by atoms with Gasteiger partial charge in [0, 0.05) is 6.42 Å². The molecule has 2 aromatic rings. The van der Waals surface area contributed by atoms with Crippen molar-refractivity contribution in [2.24, 2.45) is 5.73 Å². The summed E-state index contributed by atoms with van der Waals surface area (Å²) in [6.07, 6.45) is 0.610. The average molecular weight is 219 g/mol. The van der Waals surface area contributed by atoms with Gasteiger partial charge in [0.1, 0.15) is 5.75 Å². The summed E-state index contributed by atoms with van der Waals surface area (Å²) in [7, 11) is 1.61. The van der Waals surface area contributed by atoms with Gasteiger partial charge in [-0.05, 0) is 18.7 Å². The Bertz CT molecular complexity index is 468. The molecule has 0 saturated heterocycles. The van der Waals surface area contributed by atoms with Gasteiger partial charge in [-0.3, -0.25) is 0 Å². The summed E-state index contributed by atoms with van der Waals surface area (Å²) < 4.78 is 10.4. The fraction of sp³-hybridized carbons (Fsp3) is 0.273. The molecule has 0 aliphatic rings. The van der Waals surface area contributed by atoms with E-state index in [1.165, 1.54) is 0 Å². The minimum atomic E-state index is 0.459. The van der Waals surface area contributed by atoms with Gasteiger partial charge in [0.25, 0.3) is 5.89 Å². The van der Waals surface area contributed by atoms with Gasteiger partial charge in [0.2, 0.25) is 0 Å². The fourth-order valence-electron chi connectivity index (χ4n) is 1.42. The zero-order valence-corrected chi connectivity index (χ0v) is 9.01. The number of ether oxygens (including phenoxy) is 1. The molecule has 2 N–H and O–H groups in total. The van der Waals surface area contributed by atoms with Crippen LogP contribution in [0.4, 0.5) is 0 Å². The van der Waals surface area contributed by atoms with Crippen LogP contribution in [0, 0.1) is 0 Å². The van der Waals surface area contributed by atoms with Crippen molar-refractivity contribution in [2.75, 3.05) is 13.7 Å². The maximum absolute atomic E-state index is 5.42. The van der Waals surface area contributed by atoms with E-state index in [0.29, 0.717) is 30.4 Å². The standard InChI is InChI=1S/C11H13N3O2/c1-15-9-5-3-2-4-8(9)11-13-10(6-7-12)14-16-11/h2-5H,6-7,12H2,1H3. The molecule has 0 spiro atoms. The lowest BCUT2D eigenvalue weighted by Crippen LogP contribution is -2.03. The van der Waals surface area contributed by atoms with Gasteiger partial charge in [0.05, 0.1) is 12.7 Å². The van der Waals surface area contributed by atoms with E-state index in [-0.39, 0.29) is 0 Å². The molecule has 5 heteroatoms. The van der Waals surface area contributed by atoms with E-state index in [0.717, 1.165) is 5.56 Å². The Morgan fingerprint density at radius 3 is 2.94 bits per heavy atom. The van der Waals surface area contributed by atoms with Gasteiger partial charge < -0.3 is 15.0 Å². The Morgan fingerprint density at radius 1 is 1.38 bits per heavy atom. The highest BCUT2D eigenvalue weighted by Crippen LogP contribution is 2.27. The Kier molecular flexibility index (Phi) is 3.16. The van der Waals surface area contributed by atoms with Crippen LogP contribution in [0.15, 0.2) is 28.8 Å². The molecule has 2 rings (SSSR count). The predicted molar refractivity (Wildman–Crippen MR) is 59.0 cm³/mol. The largest absolute Gasteiger partial charge is 0.496 e. The normalized spacial score (nSPS) is 10.4. The Hall–Kier alpha value is -1.88. The SMILES string of the molecule is COc1ccccc1-c1nc(CCN)no1. The molecule has 0 fully saturated rings. The highest BCUT2D eigenvalue weighted by atomic mass is 16.5. The first kappa shape index (κ1) is 10.6. The zero-order valence-electron chi connectivity index (χ0n) is 9.01. The number of benzene rings is 1. The maximum Gasteiger partial charge on any atom is 0.261 e. The first-order valence-electron chi connectivity index (χ1n) is 5.01. The van der Waals surface area contributed by atoms with E-state index in [4.69, 9.17) is 15.0 Å². The molecule has 5 nitrogen and oxygen atoms in total. The Morgan fingerprint density at radius 2 is 2.19 bits per heavy atom. The van der Waals surface area contributed by atoms with E-state index >= 15 is 0 Å². The molecule has 84 valence electrons. The van der Waals surface area contributed by atoms with Crippen LogP contribution in [-0.2, 0) is 6.42 Å². The summed E-state index contributed by atoms with van der Waals surface area (Å²) >= 11 is 0. The first-order valence-corrected chi connectivity index (χ1v) is 5.01. The molecule has 1 heterocycles. The third-order valence-electron chi connectivity index (χ3n) is 2.17. The van der Waals surface area contributed by atoms with Gasteiger partial charge in [-0.15, -0.1) is 0 Å². The second-order valence-corrected chi connectivity index (χ2v) is 3.25. The van der Waals surface area contributed by atoms with Crippen LogP contribution < -0.4 is 10.5 Å². The van der Waals surface area contributed by atoms with E-state index in [1.807, 2.05) is 24.3 Å². The topological polar surface area (TPSA) is 74.2 Å². The number of methoxy groups -OCH3 is 1. The van der Waals surface area contributed by atoms with Crippen molar-refractivity contribution < 1.29 is 9.26 Å². The molecule has 16 heavy (non-hydrogen) atoms. The summed E-state index contributed by atoms with van der Waals surface area (Å²) in [5, 5.41) is 3.84. The summed E-state index contributed by atoms with van der Waals surface area (Å²) in [6, 6.07) is 7.50. The lowest BCUT2D eigenvalue weighted by atomic mass is 10.2. The number of nitrogens with zero attached hydrogens (tertiary/aromatic N) is 2. The molecule has 0 saturated carbocycles. The summed E-state index contributed by atoms with van der Waals surface area (Å²) in [5.74, 6) is 1.79. The number of hydrogen-bond donors (Lipinski definition) is 1. The minimum absolute atomic E-state index is 0.459. The van der Waals surface area contributed by atoms with Crippen molar-refractivity contribution in [1.82, 2.24) is 10.1 Å². The van der Waals surface area contributed by atoms with Crippen molar-refractivity contribution in [3.8, 4) is 17.2 Å². The second kappa shape index (κ2) is 4.76. The van der Waals surface area contributed by atoms with E-state index in [9.17, 15) is 0 Å². The monoisotopic (exact) mass is 219 g/mol. The van der Waals surface area contributed by atoms with Crippen molar-refractivity contribution in [2.45, 2.75) is 6.42 Å². The van der Waals surface area contributed by atoms with Crippen LogP contribution in [0.2, 0.25) is 0 Å². The molecule has 0 aliphatic heterocycles. The summed E-state index contributed by atoms with van der Waals surface area (Å²) in [6.45, 7) is 0.505. The van der Waals surface area contributed by atoms with Gasteiger partial charge in [-0.25, -0.2) is 0 Å². The molecule has 0 radical (unpaired) electrons. The lowest BCUT2D eigenvalue weighted by Gasteiger charge is -2.02. The molecule has 1 aromatic carbocycles. The molecular weight excluding hydrogens is 206 g/mol. The quantitative estimate of drug-likeness (QED) is 0.837. The highest BCUT2D eigenvalue weighted by Gasteiger charge is 2.12. The number of para-hydroxylation sites is 1. The lowest BCUT2D eigenvalue weighted by molar-refractivity contribution is 0.403. The van der Waals surface area contributed by atoms with Crippen molar-refractivity contribution in [3.05, 3.63) is 30.1 Å². The Labute approximate surface area is 93.2 Å². The first-order chi connectivity index (χ1) is 7.85. The molecular formula is C11H13N3O2. The summed E-state index contributed by atoms with van der Waals surface area (Å²) in [4.78, 5) is 4.24. The molecule has 1 aromatic heterocycles. The number of rotatable bonds is 4. The fourth-order valence-corrected chi connectivity index (χ4v) is 1.42. The van der Waals surface area contributed by atoms with E-state index < -0.39 is 0 Å². The van der Waals surface area contributed by atoms with Gasteiger partial charge >= 0.3 is 0 Å². The molecule has 0 bridgehead atoms. The second-order valence-electron chi connectivity index (χ2n) is 3.25. The maximum atomic E-state index is 5.42. The predicted octanol–water partition coefficient (Wildman–Crippen LogP) is 1.25. The van der Waals surface area contributed by atoms with Crippen molar-refractivity contribution in [3.63, 3.8) is 0 Å². The number of nitrogens with two attached hydrogens (primary N) is 1. The zero-order chi connectivity index (χ0) is 11.4. The van der Waals surface area contributed by atoms with Crippen molar-refractivity contribution >= 4 is 0 Å². The summed E-state index contributed by atoms with van der Waals surface area (Å²) in [5.41, 5.74) is 6.21. The van der Waals surface area contributed by atoms with Gasteiger partial charge in [0.15, 0.2) is 5.82 Å². The Balaban J connectivity index is 2.34. The van der Waals surface area contributed by atoms with Gasteiger partial charge in [-0.1, -0.05) is 17.3 Å². The molecule has 0 atom stereocenters. The number of hydrogen-bond acceptors (Lipinski definition) is 5. The smallest absolute Gasteiger partial charge is 0.261 e. The molecule has 0 amide bonds. The minimum Gasteiger partial charge on any atom is -0.496 e. The van der Waals surface area contributed by atoms with Crippen molar-refractivity contribution in [1.29, 1.82) is 0 Å². The highest BCUT2D eigenvalue weighted by molar-refractivity contribution is 5.62. The average Bonchev–Trinajstić information content (AvgIpc) is 2.78. The van der Waals surface area contributed by atoms with Crippen LogP contribution >= 0.6 is 0 Å². The number of aromatic nitrogens is 2. The third-order valence-corrected chi connectivity index (χ3v) is 2.17. The van der Waals surface area contributed by atoms with Crippen LogP contribution in [0.3, 0.4) is 0 Å². The molecule has 0 unspecified atom stereocenters. The van der Waals surface area contributed by atoms with Crippen LogP contribution in [-0.4, -0.2) is 23.8 Å². The van der Waals surface area contributed by atoms with E-state index in [2.05, 4.69) is 10.1 Å².